The smallest absolute Gasteiger partial charge is 0.134 e. The van der Waals surface area contributed by atoms with Gasteiger partial charge in [0.05, 0.1) is 0 Å². The Hall–Kier alpha value is -1.32. The molecule has 1 aliphatic heterocycles. The van der Waals surface area contributed by atoms with Gasteiger partial charge in [-0.15, -0.1) is 0 Å². The number of nitrogens with zero attached hydrogens (tertiary/aromatic N) is 4. The van der Waals surface area contributed by atoms with E-state index in [4.69, 9.17) is 0 Å². The summed E-state index contributed by atoms with van der Waals surface area (Å²) in [5.41, 5.74) is 0. The van der Waals surface area contributed by atoms with E-state index in [1.807, 2.05) is 0 Å². The van der Waals surface area contributed by atoms with Gasteiger partial charge in [-0.25, -0.2) is 9.97 Å². The van der Waals surface area contributed by atoms with Crippen molar-refractivity contribution < 1.29 is 0 Å². The molecule has 106 valence electrons. The van der Waals surface area contributed by atoms with Crippen molar-refractivity contribution in [1.29, 1.82) is 0 Å². The minimum atomic E-state index is 1.07. The Balaban J connectivity index is 2.12. The number of anilines is 2. The molecular formula is C15H26N4. The Morgan fingerprint density at radius 3 is 2.37 bits per heavy atom. The number of piperidine rings is 1. The lowest BCUT2D eigenvalue weighted by atomic mass is 10.1. The van der Waals surface area contributed by atoms with Crippen molar-refractivity contribution in [1.82, 2.24) is 9.97 Å². The second-order valence-corrected chi connectivity index (χ2v) is 5.27. The summed E-state index contributed by atoms with van der Waals surface area (Å²) in [6.07, 6.45) is 7.95. The molecule has 0 spiro atoms. The first kappa shape index (κ1) is 14.1. The number of rotatable bonds is 6. The predicted molar refractivity (Wildman–Crippen MR) is 80.9 cm³/mol. The Morgan fingerprint density at radius 1 is 1.05 bits per heavy atom. The molecule has 0 radical (unpaired) electrons. The van der Waals surface area contributed by atoms with Crippen LogP contribution in [0.5, 0.6) is 0 Å². The fraction of sp³-hybridized carbons (Fsp3) is 0.733. The summed E-state index contributed by atoms with van der Waals surface area (Å²) in [7, 11) is 0. The maximum Gasteiger partial charge on any atom is 0.134 e. The van der Waals surface area contributed by atoms with E-state index in [9.17, 15) is 0 Å². The van der Waals surface area contributed by atoms with Crippen molar-refractivity contribution in [2.45, 2.75) is 46.0 Å². The number of hydrogen-bond acceptors (Lipinski definition) is 4. The average Bonchev–Trinajstić information content (AvgIpc) is 2.48. The number of aromatic nitrogens is 2. The molecule has 0 saturated carbocycles. The van der Waals surface area contributed by atoms with Crippen molar-refractivity contribution in [3.8, 4) is 0 Å². The van der Waals surface area contributed by atoms with E-state index in [-0.39, 0.29) is 0 Å². The fourth-order valence-corrected chi connectivity index (χ4v) is 2.69. The summed E-state index contributed by atoms with van der Waals surface area (Å²) in [6.45, 7) is 8.86. The monoisotopic (exact) mass is 262 g/mol. The molecule has 19 heavy (non-hydrogen) atoms. The molecule has 4 nitrogen and oxygen atoms in total. The van der Waals surface area contributed by atoms with Crippen LogP contribution in [-0.2, 0) is 0 Å². The van der Waals surface area contributed by atoms with Crippen LogP contribution >= 0.6 is 0 Å². The molecule has 1 fully saturated rings. The first-order valence-corrected chi connectivity index (χ1v) is 7.67. The third-order valence-electron chi connectivity index (χ3n) is 3.63. The molecule has 1 aromatic rings. The zero-order chi connectivity index (χ0) is 13.5. The van der Waals surface area contributed by atoms with E-state index in [1.54, 1.807) is 6.33 Å². The molecule has 0 N–H and O–H groups in total. The lowest BCUT2D eigenvalue weighted by molar-refractivity contribution is 0.573. The van der Waals surface area contributed by atoms with E-state index in [1.165, 1.54) is 19.3 Å². The van der Waals surface area contributed by atoms with Gasteiger partial charge in [0.15, 0.2) is 0 Å². The van der Waals surface area contributed by atoms with Crippen molar-refractivity contribution in [3.63, 3.8) is 0 Å². The lowest BCUT2D eigenvalue weighted by Gasteiger charge is -2.29. The quantitative estimate of drug-likeness (QED) is 0.788. The molecule has 4 heteroatoms. The minimum Gasteiger partial charge on any atom is -0.356 e. The standard InChI is InChI=1S/C15H26N4/c1-3-8-18(9-4-2)14-12-15(17-13-16-14)19-10-6-5-7-11-19/h12-13H,3-11H2,1-2H3. The topological polar surface area (TPSA) is 32.3 Å². The minimum absolute atomic E-state index is 1.07. The van der Waals surface area contributed by atoms with Gasteiger partial charge in [0.25, 0.3) is 0 Å². The Kier molecular flexibility index (Phi) is 5.43. The van der Waals surface area contributed by atoms with Gasteiger partial charge in [-0.2, -0.15) is 0 Å². The lowest BCUT2D eigenvalue weighted by Crippen LogP contribution is -2.31. The van der Waals surface area contributed by atoms with Crippen molar-refractivity contribution >= 4 is 11.6 Å². The van der Waals surface area contributed by atoms with Crippen molar-refractivity contribution in [2.75, 3.05) is 36.0 Å². The van der Waals surface area contributed by atoms with E-state index < -0.39 is 0 Å². The maximum absolute atomic E-state index is 4.46. The Labute approximate surface area is 116 Å². The van der Waals surface area contributed by atoms with Crippen LogP contribution in [0.2, 0.25) is 0 Å². The summed E-state index contributed by atoms with van der Waals surface area (Å²) >= 11 is 0. The van der Waals surface area contributed by atoms with E-state index in [0.717, 1.165) is 50.7 Å². The predicted octanol–water partition coefficient (Wildman–Crippen LogP) is 3.09. The van der Waals surface area contributed by atoms with Crippen LogP contribution < -0.4 is 9.80 Å². The van der Waals surface area contributed by atoms with Crippen LogP contribution in [0.25, 0.3) is 0 Å². The Morgan fingerprint density at radius 2 is 1.74 bits per heavy atom. The molecule has 0 amide bonds. The van der Waals surface area contributed by atoms with E-state index >= 15 is 0 Å². The summed E-state index contributed by atoms with van der Waals surface area (Å²) in [6, 6.07) is 2.16. The largest absolute Gasteiger partial charge is 0.356 e. The van der Waals surface area contributed by atoms with Gasteiger partial charge in [-0.3, -0.25) is 0 Å². The van der Waals surface area contributed by atoms with Crippen LogP contribution in [0.1, 0.15) is 46.0 Å². The van der Waals surface area contributed by atoms with Gasteiger partial charge < -0.3 is 9.80 Å². The zero-order valence-corrected chi connectivity index (χ0v) is 12.3. The highest BCUT2D eigenvalue weighted by atomic mass is 15.2. The molecule has 1 aliphatic rings. The third kappa shape index (κ3) is 3.82. The van der Waals surface area contributed by atoms with Gasteiger partial charge in [-0.05, 0) is 32.1 Å². The zero-order valence-electron chi connectivity index (χ0n) is 12.3. The highest BCUT2D eigenvalue weighted by molar-refractivity contribution is 5.50. The van der Waals surface area contributed by atoms with Gasteiger partial charge in [0, 0.05) is 32.2 Å². The van der Waals surface area contributed by atoms with Crippen LogP contribution in [0.3, 0.4) is 0 Å². The molecule has 0 unspecified atom stereocenters. The summed E-state index contributed by atoms with van der Waals surface area (Å²) in [5.74, 6) is 2.18. The molecule has 0 aliphatic carbocycles. The SMILES string of the molecule is CCCN(CCC)c1cc(N2CCCCC2)ncn1. The summed E-state index contributed by atoms with van der Waals surface area (Å²) in [4.78, 5) is 13.7. The van der Waals surface area contributed by atoms with Crippen molar-refractivity contribution in [3.05, 3.63) is 12.4 Å². The molecule has 2 heterocycles. The molecule has 1 aromatic heterocycles. The van der Waals surface area contributed by atoms with Gasteiger partial charge in [-0.1, -0.05) is 13.8 Å². The first-order chi connectivity index (χ1) is 9.35. The van der Waals surface area contributed by atoms with Crippen LogP contribution in [-0.4, -0.2) is 36.1 Å². The van der Waals surface area contributed by atoms with E-state index in [2.05, 4.69) is 39.7 Å². The fourth-order valence-electron chi connectivity index (χ4n) is 2.69. The summed E-state index contributed by atoms with van der Waals surface area (Å²) < 4.78 is 0. The Bertz CT molecular complexity index is 368. The van der Waals surface area contributed by atoms with Crippen LogP contribution in [0.4, 0.5) is 11.6 Å². The van der Waals surface area contributed by atoms with Gasteiger partial charge in [0.1, 0.15) is 18.0 Å². The van der Waals surface area contributed by atoms with E-state index in [0.29, 0.717) is 0 Å². The number of hydrogen-bond donors (Lipinski definition) is 0. The van der Waals surface area contributed by atoms with Crippen molar-refractivity contribution in [2.24, 2.45) is 0 Å². The average molecular weight is 262 g/mol. The molecular weight excluding hydrogens is 236 g/mol. The summed E-state index contributed by atoms with van der Waals surface area (Å²) in [5, 5.41) is 0. The molecule has 0 atom stereocenters. The third-order valence-corrected chi connectivity index (χ3v) is 3.63. The normalized spacial score (nSPS) is 15.6. The highest BCUT2D eigenvalue weighted by Gasteiger charge is 2.14. The van der Waals surface area contributed by atoms with Crippen LogP contribution in [0, 0.1) is 0 Å². The van der Waals surface area contributed by atoms with Gasteiger partial charge in [0.2, 0.25) is 0 Å². The second-order valence-electron chi connectivity index (χ2n) is 5.27. The first-order valence-electron chi connectivity index (χ1n) is 7.67. The molecule has 0 aromatic carbocycles. The molecule has 0 bridgehead atoms. The molecule has 1 saturated heterocycles. The maximum atomic E-state index is 4.46. The highest BCUT2D eigenvalue weighted by Crippen LogP contribution is 2.21. The second kappa shape index (κ2) is 7.31. The van der Waals surface area contributed by atoms with Crippen LogP contribution in [0.15, 0.2) is 12.4 Å². The van der Waals surface area contributed by atoms with Gasteiger partial charge >= 0.3 is 0 Å². The molecule has 2 rings (SSSR count).